The van der Waals surface area contributed by atoms with Crippen molar-refractivity contribution >= 4 is 77.9 Å². The molecule has 2 fully saturated rings. The molecule has 1 spiro atoms. The van der Waals surface area contributed by atoms with E-state index in [1.54, 1.807) is 4.90 Å². The molecule has 1 aromatic heterocycles. The standard InChI is InChI=1S/C27H22Cl2N4.C17H16F3N3O5S/c1-17(2)30-24-16-27-25(15-23(24)31-20-11-7-18(28)8-12-20)32-22-5-3-4-6-26(22)33(27)21-13-9-19(29)10-14-21;1-9-8-27-16(28-9)2-4-22(5-3-16)15-21-14(24)11-6-10(17(18,19)20)7-12(23(25)26)13(11)29-15/h3-17,31H,1-2H3;6-7,9H,2-5,8H2,1H3/t;9-/m.0/s1. The predicted octanol–water partition coefficient (Wildman–Crippen LogP) is 10.8. The monoisotopic (exact) mass is 903 g/mol. The number of nitrogens with one attached hydrogen (secondary N) is 1. The molecule has 0 amide bonds. The summed E-state index contributed by atoms with van der Waals surface area (Å²) in [6, 6.07) is 29.0. The van der Waals surface area contributed by atoms with E-state index in [1.807, 2.05) is 73.7 Å². The highest BCUT2D eigenvalue weighted by Crippen LogP contribution is 2.40. The molecule has 320 valence electrons. The summed E-state index contributed by atoms with van der Waals surface area (Å²) >= 11 is 13.1. The van der Waals surface area contributed by atoms with Gasteiger partial charge in [-0.25, -0.2) is 4.98 Å². The van der Waals surface area contributed by atoms with Gasteiger partial charge in [0, 0.05) is 59.5 Å². The maximum Gasteiger partial charge on any atom is 0.416 e. The van der Waals surface area contributed by atoms with Crippen LogP contribution < -0.4 is 21.1 Å². The second kappa shape index (κ2) is 17.3. The number of ether oxygens (including phenoxy) is 2. The van der Waals surface area contributed by atoms with Crippen molar-refractivity contribution in [3.8, 4) is 17.1 Å². The fourth-order valence-corrected chi connectivity index (χ4v) is 8.83. The van der Waals surface area contributed by atoms with Gasteiger partial charge in [0.15, 0.2) is 10.9 Å². The quantitative estimate of drug-likeness (QED) is 0.0982. The van der Waals surface area contributed by atoms with E-state index < -0.39 is 39.1 Å². The summed E-state index contributed by atoms with van der Waals surface area (Å²) in [6.07, 6.45) is -3.78. The Morgan fingerprint density at radius 2 is 1.65 bits per heavy atom. The van der Waals surface area contributed by atoms with E-state index in [-0.39, 0.29) is 22.0 Å². The molecule has 0 saturated carbocycles. The lowest BCUT2D eigenvalue weighted by atomic mass is 10.0. The number of para-hydroxylation sites is 2. The molecule has 4 aliphatic rings. The highest BCUT2D eigenvalue weighted by molar-refractivity contribution is 7.22. The van der Waals surface area contributed by atoms with Crippen LogP contribution in [0.4, 0.5) is 35.4 Å². The lowest BCUT2D eigenvalue weighted by Crippen LogP contribution is -2.45. The van der Waals surface area contributed by atoms with Crippen LogP contribution in [-0.4, -0.2) is 57.1 Å². The van der Waals surface area contributed by atoms with Crippen molar-refractivity contribution in [3.63, 3.8) is 0 Å². The number of halogens is 5. The topological polar surface area (TPSA) is 137 Å². The van der Waals surface area contributed by atoms with E-state index >= 15 is 0 Å². The van der Waals surface area contributed by atoms with E-state index in [0.29, 0.717) is 54.7 Å². The van der Waals surface area contributed by atoms with E-state index in [2.05, 4.69) is 46.9 Å². The van der Waals surface area contributed by atoms with Gasteiger partial charge in [0.1, 0.15) is 4.70 Å². The lowest BCUT2D eigenvalue weighted by Gasteiger charge is -2.37. The molecule has 0 bridgehead atoms. The Labute approximate surface area is 366 Å². The Balaban J connectivity index is 0.000000172. The number of nitrogens with zero attached hydrogens (tertiary/aromatic N) is 6. The molecule has 1 aliphatic carbocycles. The number of anilines is 3. The number of rotatable bonds is 6. The number of aromatic nitrogens is 3. The number of fused-ring (bicyclic) bond motifs is 3. The Morgan fingerprint density at radius 3 is 2.27 bits per heavy atom. The lowest BCUT2D eigenvalue weighted by molar-refractivity contribution is -0.383. The molecule has 4 heterocycles. The van der Waals surface area contributed by atoms with Crippen molar-refractivity contribution in [2.75, 3.05) is 29.9 Å². The van der Waals surface area contributed by atoms with Gasteiger partial charge in [-0.2, -0.15) is 18.2 Å². The Bertz CT molecular complexity index is 2900. The summed E-state index contributed by atoms with van der Waals surface area (Å²) in [5, 5.41) is 16.9. The van der Waals surface area contributed by atoms with Crippen LogP contribution in [0.5, 0.6) is 0 Å². The van der Waals surface area contributed by atoms with Crippen LogP contribution in [0.25, 0.3) is 38.2 Å². The molecule has 1 atom stereocenters. The number of nitro benzene ring substituents is 1. The molecule has 0 unspecified atom stereocenters. The van der Waals surface area contributed by atoms with Crippen molar-refractivity contribution in [1.29, 1.82) is 0 Å². The molecule has 5 aromatic rings. The van der Waals surface area contributed by atoms with Gasteiger partial charge in [-0.15, -0.1) is 0 Å². The second-order valence-corrected chi connectivity index (χ2v) is 17.0. The Kier molecular flexibility index (Phi) is 12.0. The Hall–Kier alpha value is -5.65. The van der Waals surface area contributed by atoms with Gasteiger partial charge in [0.25, 0.3) is 11.2 Å². The summed E-state index contributed by atoms with van der Waals surface area (Å²) in [5.74, 6) is -0.675. The number of hydrogen-bond acceptors (Lipinski definition) is 11. The average Bonchev–Trinajstić information content (AvgIpc) is 3.59. The van der Waals surface area contributed by atoms with Gasteiger partial charge in [-0.05, 0) is 99.6 Å². The minimum absolute atomic E-state index is 0.0121. The summed E-state index contributed by atoms with van der Waals surface area (Å²) in [7, 11) is 0. The summed E-state index contributed by atoms with van der Waals surface area (Å²) < 4.78 is 52.8. The minimum atomic E-state index is -4.81. The zero-order valence-corrected chi connectivity index (χ0v) is 35.8. The molecule has 3 aliphatic heterocycles. The number of hydrogen-bond donors (Lipinski definition) is 1. The van der Waals surface area contributed by atoms with Crippen LogP contribution in [0, 0.1) is 10.1 Å². The molecule has 18 heteroatoms. The van der Waals surface area contributed by atoms with Gasteiger partial charge in [0.05, 0.1) is 62.0 Å². The highest BCUT2D eigenvalue weighted by atomic mass is 35.5. The van der Waals surface area contributed by atoms with Crippen LogP contribution in [-0.2, 0) is 15.7 Å². The van der Waals surface area contributed by atoms with Gasteiger partial charge in [-0.1, -0.05) is 46.7 Å². The number of non-ortho nitro benzene ring substituents is 1. The summed E-state index contributed by atoms with van der Waals surface area (Å²) in [6.45, 7) is 7.43. The fraction of sp³-hybridized carbons (Fsp3) is 0.273. The van der Waals surface area contributed by atoms with Crippen LogP contribution in [0.15, 0.2) is 107 Å². The maximum atomic E-state index is 13.1. The first-order chi connectivity index (χ1) is 29.6. The zero-order valence-electron chi connectivity index (χ0n) is 33.5. The first-order valence-corrected chi connectivity index (χ1v) is 21.2. The molecular weight excluding hydrogens is 866 g/mol. The maximum absolute atomic E-state index is 13.1. The molecule has 62 heavy (non-hydrogen) atoms. The smallest absolute Gasteiger partial charge is 0.354 e. The van der Waals surface area contributed by atoms with Gasteiger partial charge >= 0.3 is 6.18 Å². The SMILES string of the molecule is CC(C)N=c1cc2n(-c3ccc(Cl)cc3)c3ccccc3nc-2cc1Nc1ccc(Cl)cc1.C[C@H]1COC2(CCN(c3nc(=O)c4cc(C(F)(F)F)cc([N+](=O)[O-])c4s3)CC2)O1. The molecule has 1 N–H and O–H groups in total. The van der Waals surface area contributed by atoms with E-state index in [1.165, 1.54) is 0 Å². The first kappa shape index (κ1) is 43.0. The van der Waals surface area contributed by atoms with Crippen molar-refractivity contribution in [1.82, 2.24) is 14.5 Å². The number of piperidine rings is 1. The summed E-state index contributed by atoms with van der Waals surface area (Å²) in [4.78, 5) is 38.4. The summed E-state index contributed by atoms with van der Waals surface area (Å²) in [5.41, 5.74) is 3.66. The zero-order chi connectivity index (χ0) is 43.9. The molecule has 2 saturated heterocycles. The van der Waals surface area contributed by atoms with E-state index in [9.17, 15) is 28.1 Å². The van der Waals surface area contributed by atoms with Crippen LogP contribution in [0.1, 0.15) is 39.2 Å². The number of nitro groups is 1. The normalized spacial score (nSPS) is 16.6. The van der Waals surface area contributed by atoms with Crippen LogP contribution in [0.3, 0.4) is 0 Å². The minimum Gasteiger partial charge on any atom is -0.354 e. The highest BCUT2D eigenvalue weighted by Gasteiger charge is 2.43. The van der Waals surface area contributed by atoms with Crippen molar-refractivity contribution in [3.05, 3.63) is 138 Å². The fourth-order valence-electron chi connectivity index (χ4n) is 7.46. The van der Waals surface area contributed by atoms with Crippen molar-refractivity contribution < 1.29 is 27.6 Å². The molecule has 4 aromatic carbocycles. The molecule has 0 radical (unpaired) electrons. The molecular formula is C44H38Cl2F3N7O5S. The van der Waals surface area contributed by atoms with Crippen molar-refractivity contribution in [2.45, 2.75) is 57.7 Å². The molecule has 9 rings (SSSR count). The van der Waals surface area contributed by atoms with E-state index in [0.717, 1.165) is 56.2 Å². The van der Waals surface area contributed by atoms with Gasteiger partial charge in [-0.3, -0.25) is 19.9 Å². The average molecular weight is 905 g/mol. The van der Waals surface area contributed by atoms with Gasteiger partial charge < -0.3 is 24.3 Å². The predicted molar refractivity (Wildman–Crippen MR) is 236 cm³/mol. The molecule has 12 nitrogen and oxygen atoms in total. The van der Waals surface area contributed by atoms with Crippen molar-refractivity contribution in [2.24, 2.45) is 4.99 Å². The Morgan fingerprint density at radius 1 is 0.968 bits per heavy atom. The third-order valence-electron chi connectivity index (χ3n) is 10.3. The number of benzene rings is 5. The first-order valence-electron chi connectivity index (χ1n) is 19.6. The second-order valence-electron chi connectivity index (χ2n) is 15.2. The van der Waals surface area contributed by atoms with Crippen LogP contribution in [0.2, 0.25) is 10.0 Å². The number of alkyl halides is 3. The van der Waals surface area contributed by atoms with Gasteiger partial charge in [0.2, 0.25) is 0 Å². The van der Waals surface area contributed by atoms with E-state index in [4.69, 9.17) is 42.7 Å². The third kappa shape index (κ3) is 9.10. The largest absolute Gasteiger partial charge is 0.416 e. The van der Waals surface area contributed by atoms with Crippen LogP contribution >= 0.6 is 34.5 Å². The third-order valence-corrected chi connectivity index (χ3v) is 12.0.